The van der Waals surface area contributed by atoms with E-state index < -0.39 is 0 Å². The summed E-state index contributed by atoms with van der Waals surface area (Å²) in [5.41, 5.74) is 0. The average molecular weight is 308 g/mol. The lowest BCUT2D eigenvalue weighted by atomic mass is 10.4. The summed E-state index contributed by atoms with van der Waals surface area (Å²) in [6, 6.07) is 3.79. The molecule has 78 valence electrons. The van der Waals surface area contributed by atoms with Gasteiger partial charge in [0.15, 0.2) is 3.77 Å². The molecule has 0 aliphatic heterocycles. The smallest absolute Gasteiger partial charge is 0.236 e. The Hall–Kier alpha value is -0.560. The van der Waals surface area contributed by atoms with E-state index in [0.29, 0.717) is 13.1 Å². The number of rotatable bonds is 4. The zero-order chi connectivity index (χ0) is 10.6. The van der Waals surface area contributed by atoms with E-state index in [1.165, 1.54) is 0 Å². The molecule has 14 heavy (non-hydrogen) atoms. The van der Waals surface area contributed by atoms with E-state index >= 15 is 0 Å². The maximum Gasteiger partial charge on any atom is 0.236 e. The van der Waals surface area contributed by atoms with Crippen LogP contribution in [0.4, 0.5) is 0 Å². The molecule has 1 N–H and O–H groups in total. The monoisotopic (exact) mass is 308 g/mol. The fourth-order valence-electron chi connectivity index (χ4n) is 0.897. The molecule has 0 radical (unpaired) electrons. The first kappa shape index (κ1) is 11.5. The van der Waals surface area contributed by atoms with Gasteiger partial charge in [-0.2, -0.15) is 0 Å². The Kier molecular flexibility index (Phi) is 4.40. The van der Waals surface area contributed by atoms with Crippen LogP contribution < -0.4 is 5.32 Å². The van der Waals surface area contributed by atoms with Crippen LogP contribution in [0.15, 0.2) is 16.5 Å². The topological polar surface area (TPSA) is 45.5 Å². The molecule has 1 rings (SSSR count). The van der Waals surface area contributed by atoms with Crippen molar-refractivity contribution in [3.8, 4) is 0 Å². The van der Waals surface area contributed by atoms with Crippen LogP contribution in [0.5, 0.6) is 0 Å². The molecule has 0 saturated carbocycles. The van der Waals surface area contributed by atoms with Gasteiger partial charge in [0, 0.05) is 14.1 Å². The number of halogens is 1. The van der Waals surface area contributed by atoms with Crippen molar-refractivity contribution in [2.45, 2.75) is 6.54 Å². The van der Waals surface area contributed by atoms with Crippen molar-refractivity contribution in [1.29, 1.82) is 0 Å². The molecule has 5 heteroatoms. The van der Waals surface area contributed by atoms with Gasteiger partial charge < -0.3 is 14.6 Å². The summed E-state index contributed by atoms with van der Waals surface area (Å²) in [5.74, 6) is 0.909. The Balaban J connectivity index is 2.25. The Morgan fingerprint density at radius 2 is 2.29 bits per heavy atom. The molecule has 0 fully saturated rings. The standard InChI is InChI=1S/C9H13IN2O2/c1-12(2)9(13)6-11-5-7-3-4-8(10)14-7/h3-4,11H,5-6H2,1-2H3. The molecular formula is C9H13IN2O2. The third-order valence-corrected chi connectivity index (χ3v) is 2.28. The maximum atomic E-state index is 11.2. The Labute approximate surface area is 96.8 Å². The maximum absolute atomic E-state index is 11.2. The normalized spacial score (nSPS) is 10.2. The number of carbonyl (C=O) groups is 1. The predicted octanol–water partition coefficient (Wildman–Crippen LogP) is 1.06. The van der Waals surface area contributed by atoms with E-state index in [1.807, 2.05) is 12.1 Å². The van der Waals surface area contributed by atoms with Crippen LogP contribution in [-0.2, 0) is 11.3 Å². The summed E-state index contributed by atoms with van der Waals surface area (Å²) < 4.78 is 6.18. The molecule has 0 saturated heterocycles. The number of amides is 1. The summed E-state index contributed by atoms with van der Waals surface area (Å²) in [6.45, 7) is 0.923. The quantitative estimate of drug-likeness (QED) is 0.846. The molecule has 0 aromatic carbocycles. The van der Waals surface area contributed by atoms with E-state index in [9.17, 15) is 4.79 Å². The molecule has 1 amide bonds. The van der Waals surface area contributed by atoms with Gasteiger partial charge in [-0.05, 0) is 34.7 Å². The minimum absolute atomic E-state index is 0.0613. The fraction of sp³-hybridized carbons (Fsp3) is 0.444. The summed E-state index contributed by atoms with van der Waals surface area (Å²) >= 11 is 2.11. The second-order valence-electron chi connectivity index (χ2n) is 3.10. The van der Waals surface area contributed by atoms with E-state index in [-0.39, 0.29) is 5.91 Å². The highest BCUT2D eigenvalue weighted by atomic mass is 127. The Morgan fingerprint density at radius 3 is 2.79 bits per heavy atom. The molecule has 0 unspecified atom stereocenters. The van der Waals surface area contributed by atoms with Gasteiger partial charge in [-0.25, -0.2) is 0 Å². The van der Waals surface area contributed by atoms with Gasteiger partial charge in [0.1, 0.15) is 5.76 Å². The molecular weight excluding hydrogens is 295 g/mol. The van der Waals surface area contributed by atoms with Gasteiger partial charge in [-0.15, -0.1) is 0 Å². The number of furan rings is 1. The van der Waals surface area contributed by atoms with Crippen molar-refractivity contribution in [3.05, 3.63) is 21.7 Å². The molecule has 0 aliphatic carbocycles. The van der Waals surface area contributed by atoms with Crippen molar-refractivity contribution < 1.29 is 9.21 Å². The lowest BCUT2D eigenvalue weighted by Crippen LogP contribution is -2.32. The average Bonchev–Trinajstić information content (AvgIpc) is 2.51. The van der Waals surface area contributed by atoms with Gasteiger partial charge in [0.25, 0.3) is 0 Å². The molecule has 4 nitrogen and oxygen atoms in total. The van der Waals surface area contributed by atoms with Gasteiger partial charge in [0.05, 0.1) is 13.1 Å². The van der Waals surface area contributed by atoms with Crippen LogP contribution in [0.3, 0.4) is 0 Å². The first-order chi connectivity index (χ1) is 6.59. The summed E-state index contributed by atoms with van der Waals surface area (Å²) in [4.78, 5) is 12.7. The number of likely N-dealkylation sites (N-methyl/N-ethyl adjacent to an activating group) is 1. The van der Waals surface area contributed by atoms with Crippen molar-refractivity contribution in [3.63, 3.8) is 0 Å². The fourth-order valence-corrected chi connectivity index (χ4v) is 1.36. The van der Waals surface area contributed by atoms with Gasteiger partial charge in [-0.3, -0.25) is 4.79 Å². The van der Waals surface area contributed by atoms with Crippen LogP contribution >= 0.6 is 22.6 Å². The number of hydrogen-bond donors (Lipinski definition) is 1. The highest BCUT2D eigenvalue weighted by Crippen LogP contribution is 2.09. The van der Waals surface area contributed by atoms with Gasteiger partial charge >= 0.3 is 0 Å². The number of carbonyl (C=O) groups excluding carboxylic acids is 1. The second kappa shape index (κ2) is 5.35. The van der Waals surface area contributed by atoms with Crippen LogP contribution in [0.25, 0.3) is 0 Å². The molecule has 0 aliphatic rings. The van der Waals surface area contributed by atoms with E-state index in [0.717, 1.165) is 9.53 Å². The van der Waals surface area contributed by atoms with Crippen molar-refractivity contribution in [2.24, 2.45) is 0 Å². The highest BCUT2D eigenvalue weighted by Gasteiger charge is 2.03. The summed E-state index contributed by atoms with van der Waals surface area (Å²) in [6.07, 6.45) is 0. The molecule has 0 atom stereocenters. The lowest BCUT2D eigenvalue weighted by Gasteiger charge is -2.09. The number of hydrogen-bond acceptors (Lipinski definition) is 3. The zero-order valence-electron chi connectivity index (χ0n) is 8.21. The van der Waals surface area contributed by atoms with Gasteiger partial charge in [-0.1, -0.05) is 0 Å². The minimum Gasteiger partial charge on any atom is -0.454 e. The van der Waals surface area contributed by atoms with Crippen molar-refractivity contribution >= 4 is 28.5 Å². The second-order valence-corrected chi connectivity index (χ2v) is 4.16. The van der Waals surface area contributed by atoms with Crippen molar-refractivity contribution in [2.75, 3.05) is 20.6 Å². The SMILES string of the molecule is CN(C)C(=O)CNCc1ccc(I)o1. The summed E-state index contributed by atoms with van der Waals surface area (Å²) in [7, 11) is 3.47. The number of nitrogens with one attached hydrogen (secondary N) is 1. The first-order valence-corrected chi connectivity index (χ1v) is 5.32. The third-order valence-electron chi connectivity index (χ3n) is 1.70. The molecule has 0 spiro atoms. The number of nitrogens with zero attached hydrogens (tertiary/aromatic N) is 1. The van der Waals surface area contributed by atoms with Crippen LogP contribution in [0.2, 0.25) is 0 Å². The zero-order valence-corrected chi connectivity index (χ0v) is 10.4. The molecule has 1 aromatic rings. The highest BCUT2D eigenvalue weighted by molar-refractivity contribution is 14.1. The Morgan fingerprint density at radius 1 is 1.57 bits per heavy atom. The largest absolute Gasteiger partial charge is 0.454 e. The predicted molar refractivity (Wildman–Crippen MR) is 61.8 cm³/mol. The first-order valence-electron chi connectivity index (χ1n) is 4.24. The third kappa shape index (κ3) is 3.67. The Bertz CT molecular complexity index is 310. The summed E-state index contributed by atoms with van der Waals surface area (Å²) in [5, 5.41) is 3.01. The van der Waals surface area contributed by atoms with Crippen molar-refractivity contribution in [1.82, 2.24) is 10.2 Å². The van der Waals surface area contributed by atoms with Crippen LogP contribution in [0, 0.1) is 3.77 Å². The molecule has 1 heterocycles. The van der Waals surface area contributed by atoms with E-state index in [4.69, 9.17) is 4.42 Å². The van der Waals surface area contributed by atoms with Crippen LogP contribution in [-0.4, -0.2) is 31.4 Å². The van der Waals surface area contributed by atoms with Gasteiger partial charge in [0.2, 0.25) is 5.91 Å². The van der Waals surface area contributed by atoms with Crippen LogP contribution in [0.1, 0.15) is 5.76 Å². The minimum atomic E-state index is 0.0613. The molecule has 0 bridgehead atoms. The van der Waals surface area contributed by atoms with E-state index in [1.54, 1.807) is 19.0 Å². The van der Waals surface area contributed by atoms with E-state index in [2.05, 4.69) is 27.9 Å². The lowest BCUT2D eigenvalue weighted by molar-refractivity contribution is -0.127. The molecule has 1 aromatic heterocycles.